The maximum Gasteiger partial charge on any atom is 0.248 e. The van der Waals surface area contributed by atoms with Gasteiger partial charge in [0.15, 0.2) is 11.0 Å². The number of rotatable bonds is 10. The second kappa shape index (κ2) is 19.3. The van der Waals surface area contributed by atoms with Crippen LogP contribution in [-0.4, -0.2) is 135 Å². The molecule has 0 spiro atoms. The summed E-state index contributed by atoms with van der Waals surface area (Å²) in [5.74, 6) is 0.569. The third kappa shape index (κ3) is 10.3. The highest BCUT2D eigenvalue weighted by molar-refractivity contribution is 7.99. The topological polar surface area (TPSA) is 152 Å². The number of carbonyl (C=O) groups is 2. The Kier molecular flexibility index (Phi) is 15.2. The highest BCUT2D eigenvalue weighted by Crippen LogP contribution is 2.31. The Labute approximate surface area is 299 Å². The molecule has 274 valence electrons. The van der Waals surface area contributed by atoms with Gasteiger partial charge in [0.25, 0.3) is 0 Å². The largest absolute Gasteiger partial charge is 0.388 e. The first-order valence-corrected chi connectivity index (χ1v) is 18.1. The predicted octanol–water partition coefficient (Wildman–Crippen LogP) is 3.30. The second-order valence-electron chi connectivity index (χ2n) is 13.1. The zero-order valence-corrected chi connectivity index (χ0v) is 30.8. The lowest BCUT2D eigenvalue weighted by Crippen LogP contribution is -2.54. The van der Waals surface area contributed by atoms with Crippen LogP contribution in [0, 0.1) is 19.8 Å². The number of hydrogen-bond donors (Lipinski definition) is 2. The predicted molar refractivity (Wildman–Crippen MR) is 191 cm³/mol. The Balaban J connectivity index is 1.67. The Morgan fingerprint density at radius 3 is 2.50 bits per heavy atom. The van der Waals surface area contributed by atoms with Crippen molar-refractivity contribution in [1.82, 2.24) is 29.5 Å². The second-order valence-corrected chi connectivity index (χ2v) is 14.0. The van der Waals surface area contributed by atoms with Crippen molar-refractivity contribution in [3.8, 4) is 17.1 Å². The van der Waals surface area contributed by atoms with Crippen molar-refractivity contribution in [3.05, 3.63) is 53.9 Å². The number of nitrogens with zero attached hydrogens (tertiary/aromatic N) is 6. The van der Waals surface area contributed by atoms with Gasteiger partial charge in [0, 0.05) is 64.5 Å². The van der Waals surface area contributed by atoms with Crippen LogP contribution in [0.4, 0.5) is 0 Å². The van der Waals surface area contributed by atoms with E-state index in [2.05, 4.69) is 48.9 Å². The number of ether oxygens (including phenoxy) is 3. The Hall–Kier alpha value is -3.40. The molecule has 14 heteroatoms. The molecule has 2 N–H and O–H groups in total. The average molecular weight is 713 g/mol. The van der Waals surface area contributed by atoms with Gasteiger partial charge in [-0.2, -0.15) is 0 Å². The average Bonchev–Trinajstić information content (AvgIpc) is 3.52. The van der Waals surface area contributed by atoms with E-state index in [-0.39, 0.29) is 55.8 Å². The van der Waals surface area contributed by atoms with E-state index in [0.717, 1.165) is 22.4 Å². The molecule has 0 bridgehead atoms. The van der Waals surface area contributed by atoms with E-state index in [0.29, 0.717) is 43.4 Å². The van der Waals surface area contributed by atoms with Crippen molar-refractivity contribution in [2.45, 2.75) is 76.5 Å². The molecule has 4 rings (SSSR count). The summed E-state index contributed by atoms with van der Waals surface area (Å²) in [4.78, 5) is 35.3. The number of aliphatic hydroxyl groups excluding tert-OH is 2. The summed E-state index contributed by atoms with van der Waals surface area (Å²) in [5.41, 5.74) is 3.99. The van der Waals surface area contributed by atoms with Gasteiger partial charge in [-0.05, 0) is 68.4 Å². The van der Waals surface area contributed by atoms with Gasteiger partial charge >= 0.3 is 0 Å². The molecule has 1 aromatic carbocycles. The zero-order valence-electron chi connectivity index (χ0n) is 30.0. The number of hydrogen-bond acceptors (Lipinski definition) is 11. The monoisotopic (exact) mass is 712 g/mol. The molecule has 1 saturated heterocycles. The fourth-order valence-electron chi connectivity index (χ4n) is 6.13. The highest BCUT2D eigenvalue weighted by atomic mass is 32.2. The first-order valence-electron chi connectivity index (χ1n) is 17.1. The van der Waals surface area contributed by atoms with Crippen LogP contribution >= 0.6 is 11.8 Å². The van der Waals surface area contributed by atoms with Crippen molar-refractivity contribution in [3.63, 3.8) is 0 Å². The molecule has 0 saturated carbocycles. The fourth-order valence-corrected chi connectivity index (χ4v) is 6.97. The highest BCUT2D eigenvalue weighted by Gasteiger charge is 2.34. The number of amides is 2. The van der Waals surface area contributed by atoms with Crippen molar-refractivity contribution >= 4 is 23.6 Å². The lowest BCUT2D eigenvalue weighted by molar-refractivity contribution is -0.145. The summed E-state index contributed by atoms with van der Waals surface area (Å²) in [5, 5.41) is 31.2. The molecule has 3 heterocycles. The van der Waals surface area contributed by atoms with Crippen molar-refractivity contribution < 1.29 is 34.0 Å². The third-order valence-electron chi connectivity index (χ3n) is 8.97. The number of methoxy groups -OCH3 is 2. The summed E-state index contributed by atoms with van der Waals surface area (Å²) in [6.45, 7) is 9.07. The van der Waals surface area contributed by atoms with E-state index in [4.69, 9.17) is 14.2 Å². The fraction of sp³-hybridized carbons (Fsp3) is 0.583. The van der Waals surface area contributed by atoms with Crippen molar-refractivity contribution in [1.29, 1.82) is 0 Å². The minimum atomic E-state index is -1.29. The van der Waals surface area contributed by atoms with Gasteiger partial charge in [0.05, 0.1) is 18.0 Å². The molecule has 4 atom stereocenters. The molecule has 1 aliphatic rings. The van der Waals surface area contributed by atoms with E-state index in [1.165, 1.54) is 26.0 Å². The molecule has 13 nitrogen and oxygen atoms in total. The number of aryl methyl sites for hydroxylation is 1. The molecule has 0 radical (unpaired) electrons. The zero-order chi connectivity index (χ0) is 36.2. The number of carbonyl (C=O) groups excluding carboxylic acids is 2. The smallest absolute Gasteiger partial charge is 0.248 e. The summed E-state index contributed by atoms with van der Waals surface area (Å²) < 4.78 is 18.4. The Bertz CT molecular complexity index is 1520. The SMILES string of the molecule is COCC(=O)N1C[C@H](CC(C)C)N(C(=O)CSc2nnc(-c3ccncc3)n2-c2cccc(C)c2C)CCCCOC[C@@H](O)[C@@H](O)[C@H](OC)C1. The van der Waals surface area contributed by atoms with E-state index >= 15 is 0 Å². The lowest BCUT2D eigenvalue weighted by Gasteiger charge is -2.38. The van der Waals surface area contributed by atoms with Crippen LogP contribution in [0.15, 0.2) is 47.9 Å². The van der Waals surface area contributed by atoms with E-state index < -0.39 is 18.3 Å². The molecule has 0 aliphatic carbocycles. The Morgan fingerprint density at radius 2 is 1.80 bits per heavy atom. The molecule has 3 aromatic rings. The number of aromatic nitrogens is 4. The van der Waals surface area contributed by atoms with Gasteiger partial charge < -0.3 is 34.2 Å². The molecule has 0 unspecified atom stereocenters. The number of benzene rings is 1. The summed E-state index contributed by atoms with van der Waals surface area (Å²) in [6.07, 6.45) is 2.00. The normalized spacial score (nSPS) is 21.3. The maximum absolute atomic E-state index is 14.3. The molecule has 1 fully saturated rings. The van der Waals surface area contributed by atoms with Gasteiger partial charge in [-0.3, -0.25) is 19.1 Å². The van der Waals surface area contributed by atoms with Gasteiger partial charge in [0.2, 0.25) is 11.8 Å². The molecule has 2 amide bonds. The van der Waals surface area contributed by atoms with Crippen LogP contribution in [0.3, 0.4) is 0 Å². The molecular formula is C36H52N6O7S. The van der Waals surface area contributed by atoms with Crippen LogP contribution in [0.1, 0.15) is 44.2 Å². The minimum absolute atomic E-state index is 0.000965. The first-order chi connectivity index (χ1) is 24.0. The van der Waals surface area contributed by atoms with E-state index in [9.17, 15) is 19.8 Å². The molecule has 50 heavy (non-hydrogen) atoms. The van der Waals surface area contributed by atoms with Crippen LogP contribution in [-0.2, 0) is 23.8 Å². The van der Waals surface area contributed by atoms with Crippen LogP contribution in [0.2, 0.25) is 0 Å². The standard InChI is InChI=1S/C36H52N6O7S/c1-24(2)18-28-19-40(32(44)22-47-5)20-31(48-6)34(46)30(43)21-49-17-8-7-16-41(28)33(45)23-50-36-39-38-35(27-12-14-37-15-13-27)42(36)29-11-9-10-25(3)26(29)4/h9-15,24,28,30-31,34,43,46H,7-8,16-23H2,1-6H3/t28-,30+,31+,34+/m0/s1. The van der Waals surface area contributed by atoms with Crippen LogP contribution in [0.25, 0.3) is 17.1 Å². The van der Waals surface area contributed by atoms with Gasteiger partial charge in [-0.25, -0.2) is 0 Å². The summed E-state index contributed by atoms with van der Waals surface area (Å²) in [7, 11) is 2.88. The Morgan fingerprint density at radius 1 is 1.04 bits per heavy atom. The van der Waals surface area contributed by atoms with E-state index in [1.807, 2.05) is 33.7 Å². The lowest BCUT2D eigenvalue weighted by atomic mass is 10.00. The van der Waals surface area contributed by atoms with Crippen LogP contribution < -0.4 is 0 Å². The number of thioether (sulfide) groups is 1. The van der Waals surface area contributed by atoms with Gasteiger partial charge in [-0.15, -0.1) is 10.2 Å². The van der Waals surface area contributed by atoms with Crippen molar-refractivity contribution in [2.75, 3.05) is 59.4 Å². The minimum Gasteiger partial charge on any atom is -0.388 e. The summed E-state index contributed by atoms with van der Waals surface area (Å²) >= 11 is 1.33. The molecular weight excluding hydrogens is 660 g/mol. The molecule has 1 aliphatic heterocycles. The van der Waals surface area contributed by atoms with Gasteiger partial charge in [-0.1, -0.05) is 37.7 Å². The van der Waals surface area contributed by atoms with Crippen molar-refractivity contribution in [2.24, 2.45) is 5.92 Å². The molecule has 2 aromatic heterocycles. The first kappa shape index (κ1) is 39.4. The van der Waals surface area contributed by atoms with Crippen LogP contribution in [0.5, 0.6) is 0 Å². The van der Waals surface area contributed by atoms with E-state index in [1.54, 1.807) is 17.3 Å². The third-order valence-corrected chi connectivity index (χ3v) is 9.89. The van der Waals surface area contributed by atoms with Gasteiger partial charge in [0.1, 0.15) is 24.9 Å². The summed E-state index contributed by atoms with van der Waals surface area (Å²) in [6, 6.07) is 9.52. The number of pyridine rings is 1. The number of aliphatic hydroxyl groups is 2. The maximum atomic E-state index is 14.3. The quantitative estimate of drug-likeness (QED) is 0.298.